The molecule has 1 rings (SSSR count). The molecular formula is C16H30N6O. The molecule has 0 unspecified atom stereocenters. The number of aromatic nitrogens is 3. The Morgan fingerprint density at radius 2 is 2.17 bits per heavy atom. The molecule has 0 aliphatic carbocycles. The number of rotatable bonds is 10. The maximum Gasteiger partial charge on any atom is 0.191 e. The second-order valence-corrected chi connectivity index (χ2v) is 5.81. The van der Waals surface area contributed by atoms with Gasteiger partial charge in [-0.25, -0.2) is 4.99 Å². The Hall–Kier alpha value is -1.89. The SMILES string of the molecule is C=CCNC(=NCc1nnc(C)n1C)NCCCOCC(C)C. The van der Waals surface area contributed by atoms with Crippen LogP contribution in [0.4, 0.5) is 0 Å². The lowest BCUT2D eigenvalue weighted by Gasteiger charge is -2.12. The molecule has 0 aliphatic rings. The van der Waals surface area contributed by atoms with E-state index in [4.69, 9.17) is 4.74 Å². The fraction of sp³-hybridized carbons (Fsp3) is 0.688. The third-order valence-corrected chi connectivity index (χ3v) is 3.18. The Kier molecular flexibility index (Phi) is 8.97. The summed E-state index contributed by atoms with van der Waals surface area (Å²) in [5.41, 5.74) is 0. The molecule has 23 heavy (non-hydrogen) atoms. The molecule has 0 radical (unpaired) electrons. The van der Waals surface area contributed by atoms with Gasteiger partial charge < -0.3 is 19.9 Å². The van der Waals surface area contributed by atoms with Gasteiger partial charge in [0.15, 0.2) is 11.8 Å². The Bertz CT molecular complexity index is 495. The highest BCUT2D eigenvalue weighted by Gasteiger charge is 2.04. The van der Waals surface area contributed by atoms with Crippen LogP contribution in [0.15, 0.2) is 17.6 Å². The number of ether oxygens (including phenoxy) is 1. The van der Waals surface area contributed by atoms with Crippen molar-refractivity contribution < 1.29 is 4.74 Å². The van der Waals surface area contributed by atoms with E-state index in [1.54, 1.807) is 6.08 Å². The van der Waals surface area contributed by atoms with Gasteiger partial charge >= 0.3 is 0 Å². The normalized spacial score (nSPS) is 11.8. The van der Waals surface area contributed by atoms with Crippen LogP contribution in [0.2, 0.25) is 0 Å². The lowest BCUT2D eigenvalue weighted by atomic mass is 10.2. The van der Waals surface area contributed by atoms with Crippen LogP contribution in [-0.2, 0) is 18.3 Å². The van der Waals surface area contributed by atoms with Crippen molar-refractivity contribution in [3.05, 3.63) is 24.3 Å². The predicted octanol–water partition coefficient (Wildman–Crippen LogP) is 1.41. The molecular weight excluding hydrogens is 292 g/mol. The van der Waals surface area contributed by atoms with E-state index >= 15 is 0 Å². The number of hydrogen-bond acceptors (Lipinski definition) is 4. The van der Waals surface area contributed by atoms with E-state index in [9.17, 15) is 0 Å². The first kappa shape index (κ1) is 19.2. The van der Waals surface area contributed by atoms with Gasteiger partial charge in [-0.3, -0.25) is 0 Å². The third kappa shape index (κ3) is 7.78. The average molecular weight is 322 g/mol. The third-order valence-electron chi connectivity index (χ3n) is 3.18. The van der Waals surface area contributed by atoms with Crippen molar-refractivity contribution in [2.45, 2.75) is 33.7 Å². The Labute approximate surface area is 139 Å². The first-order valence-corrected chi connectivity index (χ1v) is 8.10. The zero-order valence-electron chi connectivity index (χ0n) is 14.8. The van der Waals surface area contributed by atoms with Crippen LogP contribution in [-0.4, -0.2) is 47.0 Å². The summed E-state index contributed by atoms with van der Waals surface area (Å²) in [6.07, 6.45) is 2.74. The molecule has 7 nitrogen and oxygen atoms in total. The van der Waals surface area contributed by atoms with E-state index in [1.165, 1.54) is 0 Å². The Balaban J connectivity index is 2.40. The van der Waals surface area contributed by atoms with Crippen LogP contribution < -0.4 is 10.6 Å². The molecule has 0 saturated heterocycles. The number of nitrogens with one attached hydrogen (secondary N) is 2. The topological polar surface area (TPSA) is 76.4 Å². The number of guanidine groups is 1. The minimum Gasteiger partial charge on any atom is -0.381 e. The van der Waals surface area contributed by atoms with Gasteiger partial charge in [0.1, 0.15) is 12.4 Å². The summed E-state index contributed by atoms with van der Waals surface area (Å²) in [5, 5.41) is 14.6. The van der Waals surface area contributed by atoms with Crippen molar-refractivity contribution in [2.24, 2.45) is 18.0 Å². The fourth-order valence-corrected chi connectivity index (χ4v) is 1.78. The number of aliphatic imine (C=N–C) groups is 1. The van der Waals surface area contributed by atoms with Gasteiger partial charge in [0.2, 0.25) is 0 Å². The van der Waals surface area contributed by atoms with Crippen LogP contribution in [0.1, 0.15) is 31.9 Å². The van der Waals surface area contributed by atoms with E-state index < -0.39 is 0 Å². The largest absolute Gasteiger partial charge is 0.381 e. The van der Waals surface area contributed by atoms with Gasteiger partial charge in [-0.05, 0) is 19.3 Å². The number of hydrogen-bond donors (Lipinski definition) is 2. The fourth-order valence-electron chi connectivity index (χ4n) is 1.78. The van der Waals surface area contributed by atoms with Crippen LogP contribution in [0.5, 0.6) is 0 Å². The van der Waals surface area contributed by atoms with Crippen molar-refractivity contribution in [3.8, 4) is 0 Å². The molecule has 0 atom stereocenters. The Morgan fingerprint density at radius 1 is 1.39 bits per heavy atom. The molecule has 0 fully saturated rings. The van der Waals surface area contributed by atoms with Crippen molar-refractivity contribution >= 4 is 5.96 Å². The minimum atomic E-state index is 0.480. The molecule has 0 aliphatic heterocycles. The molecule has 1 heterocycles. The molecule has 1 aromatic rings. The second-order valence-electron chi connectivity index (χ2n) is 5.81. The van der Waals surface area contributed by atoms with E-state index in [2.05, 4.69) is 46.2 Å². The summed E-state index contributed by atoms with van der Waals surface area (Å²) in [5.74, 6) is 3.03. The molecule has 1 aromatic heterocycles. The molecule has 7 heteroatoms. The summed E-state index contributed by atoms with van der Waals surface area (Å²) < 4.78 is 7.51. The van der Waals surface area contributed by atoms with Crippen LogP contribution in [0.25, 0.3) is 0 Å². The van der Waals surface area contributed by atoms with Crippen LogP contribution >= 0.6 is 0 Å². The maximum atomic E-state index is 5.57. The summed E-state index contributed by atoms with van der Waals surface area (Å²) >= 11 is 0. The van der Waals surface area contributed by atoms with Crippen molar-refractivity contribution in [1.82, 2.24) is 25.4 Å². The maximum absolute atomic E-state index is 5.57. The first-order valence-electron chi connectivity index (χ1n) is 8.10. The van der Waals surface area contributed by atoms with Gasteiger partial charge in [-0.1, -0.05) is 19.9 Å². The smallest absolute Gasteiger partial charge is 0.191 e. The lowest BCUT2D eigenvalue weighted by Crippen LogP contribution is -2.38. The highest BCUT2D eigenvalue weighted by atomic mass is 16.5. The van der Waals surface area contributed by atoms with Gasteiger partial charge in [-0.2, -0.15) is 0 Å². The summed E-state index contributed by atoms with van der Waals surface area (Å²) in [6, 6.07) is 0. The van der Waals surface area contributed by atoms with E-state index in [0.717, 1.165) is 43.8 Å². The predicted molar refractivity (Wildman–Crippen MR) is 93.4 cm³/mol. The van der Waals surface area contributed by atoms with Gasteiger partial charge in [-0.15, -0.1) is 16.8 Å². The van der Waals surface area contributed by atoms with Gasteiger partial charge in [0.05, 0.1) is 0 Å². The quantitative estimate of drug-likeness (QED) is 0.295. The van der Waals surface area contributed by atoms with Crippen molar-refractivity contribution in [2.75, 3.05) is 26.3 Å². The molecule has 130 valence electrons. The molecule has 2 N–H and O–H groups in total. The standard InChI is InChI=1S/C16H30N6O/c1-6-8-17-16(18-9-7-10-23-12-13(2)3)19-11-15-21-20-14(4)22(15)5/h6,13H,1,7-12H2,2-5H3,(H2,17,18,19). The number of nitrogens with zero attached hydrogens (tertiary/aromatic N) is 4. The van der Waals surface area contributed by atoms with E-state index in [-0.39, 0.29) is 0 Å². The van der Waals surface area contributed by atoms with Crippen molar-refractivity contribution in [3.63, 3.8) is 0 Å². The summed E-state index contributed by atoms with van der Waals surface area (Å²) in [6.45, 7) is 13.4. The highest BCUT2D eigenvalue weighted by molar-refractivity contribution is 5.79. The first-order chi connectivity index (χ1) is 11.0. The second kappa shape index (κ2) is 10.8. The highest BCUT2D eigenvalue weighted by Crippen LogP contribution is 1.99. The molecule has 0 amide bonds. The molecule has 0 saturated carbocycles. The Morgan fingerprint density at radius 3 is 2.78 bits per heavy atom. The zero-order valence-corrected chi connectivity index (χ0v) is 14.8. The van der Waals surface area contributed by atoms with Crippen LogP contribution in [0, 0.1) is 12.8 Å². The van der Waals surface area contributed by atoms with Crippen molar-refractivity contribution in [1.29, 1.82) is 0 Å². The van der Waals surface area contributed by atoms with Crippen LogP contribution in [0.3, 0.4) is 0 Å². The molecule has 0 aromatic carbocycles. The average Bonchev–Trinajstić information content (AvgIpc) is 2.84. The summed E-state index contributed by atoms with van der Waals surface area (Å²) in [4.78, 5) is 4.53. The minimum absolute atomic E-state index is 0.480. The van der Waals surface area contributed by atoms with Gasteiger partial charge in [0.25, 0.3) is 0 Å². The molecule has 0 bridgehead atoms. The van der Waals surface area contributed by atoms with E-state index in [1.807, 2.05) is 18.5 Å². The van der Waals surface area contributed by atoms with E-state index in [0.29, 0.717) is 19.0 Å². The summed E-state index contributed by atoms with van der Waals surface area (Å²) in [7, 11) is 1.94. The lowest BCUT2D eigenvalue weighted by molar-refractivity contribution is 0.108. The monoisotopic (exact) mass is 322 g/mol. The van der Waals surface area contributed by atoms with Gasteiger partial charge in [0, 0.05) is 33.4 Å². The number of aryl methyl sites for hydroxylation is 1. The zero-order chi connectivity index (χ0) is 17.1. The molecule has 0 spiro atoms.